The van der Waals surface area contributed by atoms with Crippen LogP contribution in [-0.2, 0) is 19.6 Å². The summed E-state index contributed by atoms with van der Waals surface area (Å²) in [7, 11) is -3.60. The van der Waals surface area contributed by atoms with Crippen molar-refractivity contribution in [1.82, 2.24) is 4.31 Å². The molecule has 2 heterocycles. The Labute approximate surface area is 203 Å². The molecule has 0 spiro atoms. The number of halogens is 2. The van der Waals surface area contributed by atoms with Gasteiger partial charge in [0.15, 0.2) is 0 Å². The average molecular weight is 508 g/mol. The maximum Gasteiger partial charge on any atom is 0.243 e. The number of piperidine rings is 1. The Bertz CT molecular complexity index is 1190. The van der Waals surface area contributed by atoms with Crippen LogP contribution in [0.1, 0.15) is 39.0 Å². The number of anilines is 2. The summed E-state index contributed by atoms with van der Waals surface area (Å²) in [5.41, 5.74) is 0.884. The van der Waals surface area contributed by atoms with Crippen molar-refractivity contribution < 1.29 is 22.4 Å². The summed E-state index contributed by atoms with van der Waals surface area (Å²) in [4.78, 5) is 26.8. The fraction of sp³-hybridized carbons (Fsp3) is 0.417. The van der Waals surface area contributed by atoms with E-state index < -0.39 is 21.8 Å². The summed E-state index contributed by atoms with van der Waals surface area (Å²) in [5.74, 6) is -1.78. The predicted octanol–water partition coefficient (Wildman–Crippen LogP) is 4.42. The van der Waals surface area contributed by atoms with E-state index in [9.17, 15) is 22.4 Å². The number of amides is 2. The maximum absolute atomic E-state index is 13.4. The van der Waals surface area contributed by atoms with Crippen LogP contribution in [0.25, 0.3) is 0 Å². The third-order valence-corrected chi connectivity index (χ3v) is 8.74. The minimum absolute atomic E-state index is 0.0111. The lowest BCUT2D eigenvalue weighted by molar-refractivity contribution is -0.122. The van der Waals surface area contributed by atoms with Gasteiger partial charge in [-0.05, 0) is 61.7 Å². The summed E-state index contributed by atoms with van der Waals surface area (Å²) >= 11 is 5.82. The molecule has 2 aliphatic heterocycles. The maximum atomic E-state index is 13.4. The minimum Gasteiger partial charge on any atom is -0.326 e. The van der Waals surface area contributed by atoms with Gasteiger partial charge >= 0.3 is 0 Å². The SMILES string of the molecule is CCC1CCCCN1S(=O)(=O)c1ccc(NC(=O)C2CC(=O)N(c3ccc(F)c(Cl)c3)C2)cc1. The Hall–Kier alpha value is -2.49. The number of carbonyl (C=O) groups excluding carboxylic acids is 2. The van der Waals surface area contributed by atoms with Crippen LogP contribution in [0.2, 0.25) is 5.02 Å². The summed E-state index contributed by atoms with van der Waals surface area (Å²) in [6, 6.07) is 10.1. The molecule has 2 amide bonds. The lowest BCUT2D eigenvalue weighted by Crippen LogP contribution is -2.43. The van der Waals surface area contributed by atoms with Crippen LogP contribution in [0, 0.1) is 11.7 Å². The molecule has 1 N–H and O–H groups in total. The second-order valence-electron chi connectivity index (χ2n) is 8.69. The first-order valence-electron chi connectivity index (χ1n) is 11.4. The van der Waals surface area contributed by atoms with Gasteiger partial charge in [0.25, 0.3) is 0 Å². The van der Waals surface area contributed by atoms with E-state index in [1.165, 1.54) is 35.2 Å². The third kappa shape index (κ3) is 4.96. The number of sulfonamides is 1. The Balaban J connectivity index is 1.42. The molecule has 34 heavy (non-hydrogen) atoms. The molecule has 10 heteroatoms. The number of benzene rings is 2. The topological polar surface area (TPSA) is 86.8 Å². The number of hydrogen-bond acceptors (Lipinski definition) is 4. The molecule has 4 rings (SSSR count). The van der Waals surface area contributed by atoms with Gasteiger partial charge in [-0.1, -0.05) is 24.9 Å². The Kier molecular flexibility index (Phi) is 7.25. The van der Waals surface area contributed by atoms with Gasteiger partial charge in [0.1, 0.15) is 5.82 Å². The van der Waals surface area contributed by atoms with Crippen molar-refractivity contribution in [3.8, 4) is 0 Å². The molecular weight excluding hydrogens is 481 g/mol. The second-order valence-corrected chi connectivity index (χ2v) is 11.0. The lowest BCUT2D eigenvalue weighted by Gasteiger charge is -2.34. The number of hydrogen-bond donors (Lipinski definition) is 1. The summed E-state index contributed by atoms with van der Waals surface area (Å²) in [6.45, 7) is 2.66. The van der Waals surface area contributed by atoms with Gasteiger partial charge in [0, 0.05) is 36.9 Å². The number of nitrogens with one attached hydrogen (secondary N) is 1. The van der Waals surface area contributed by atoms with Gasteiger partial charge in [0.05, 0.1) is 15.8 Å². The molecule has 0 aliphatic carbocycles. The molecule has 2 aromatic rings. The predicted molar refractivity (Wildman–Crippen MR) is 129 cm³/mol. The molecule has 182 valence electrons. The van der Waals surface area contributed by atoms with Crippen molar-refractivity contribution in [3.63, 3.8) is 0 Å². The summed E-state index contributed by atoms with van der Waals surface area (Å²) < 4.78 is 41.3. The molecule has 2 aromatic carbocycles. The van der Waals surface area contributed by atoms with E-state index in [2.05, 4.69) is 5.32 Å². The van der Waals surface area contributed by atoms with Crippen LogP contribution < -0.4 is 10.2 Å². The van der Waals surface area contributed by atoms with Gasteiger partial charge in [-0.3, -0.25) is 9.59 Å². The Morgan fingerprint density at radius 3 is 2.59 bits per heavy atom. The normalized spacial score (nSPS) is 21.6. The lowest BCUT2D eigenvalue weighted by atomic mass is 10.0. The van der Waals surface area contributed by atoms with Crippen molar-refractivity contribution in [2.75, 3.05) is 23.3 Å². The van der Waals surface area contributed by atoms with Gasteiger partial charge < -0.3 is 10.2 Å². The summed E-state index contributed by atoms with van der Waals surface area (Å²) in [5, 5.41) is 2.67. The van der Waals surface area contributed by atoms with Crippen molar-refractivity contribution in [2.45, 2.75) is 50.0 Å². The Morgan fingerprint density at radius 2 is 1.91 bits per heavy atom. The van der Waals surface area contributed by atoms with E-state index in [4.69, 9.17) is 11.6 Å². The molecule has 0 saturated carbocycles. The first-order valence-corrected chi connectivity index (χ1v) is 13.2. The van der Waals surface area contributed by atoms with Crippen LogP contribution in [0.3, 0.4) is 0 Å². The molecule has 0 radical (unpaired) electrons. The molecule has 2 fully saturated rings. The van der Waals surface area contributed by atoms with Crippen molar-refractivity contribution in [1.29, 1.82) is 0 Å². The third-order valence-electron chi connectivity index (χ3n) is 6.48. The highest BCUT2D eigenvalue weighted by molar-refractivity contribution is 7.89. The molecule has 2 saturated heterocycles. The standard InChI is InChI=1S/C24H27ClFN3O4S/c1-2-18-5-3-4-12-29(18)34(32,33)20-9-6-17(7-10-20)27-24(31)16-13-23(30)28(15-16)19-8-11-22(26)21(25)14-19/h6-11,14,16,18H,2-5,12-13,15H2,1H3,(H,27,31). The molecule has 2 unspecified atom stereocenters. The molecule has 2 aliphatic rings. The highest BCUT2D eigenvalue weighted by Crippen LogP contribution is 2.30. The summed E-state index contributed by atoms with van der Waals surface area (Å²) in [6.07, 6.45) is 3.54. The van der Waals surface area contributed by atoms with Crippen molar-refractivity contribution in [2.24, 2.45) is 5.92 Å². The molecular formula is C24H27ClFN3O4S. The first-order chi connectivity index (χ1) is 16.2. The van der Waals surface area contributed by atoms with Crippen LogP contribution in [0.5, 0.6) is 0 Å². The van der Waals surface area contributed by atoms with Crippen molar-refractivity contribution >= 4 is 44.8 Å². The van der Waals surface area contributed by atoms with Gasteiger partial charge in [0.2, 0.25) is 21.8 Å². The number of nitrogens with zero attached hydrogens (tertiary/aromatic N) is 2. The van der Waals surface area contributed by atoms with Crippen LogP contribution in [-0.4, -0.2) is 43.7 Å². The van der Waals surface area contributed by atoms with E-state index >= 15 is 0 Å². The highest BCUT2D eigenvalue weighted by atomic mass is 35.5. The van der Waals surface area contributed by atoms with Crippen LogP contribution in [0.15, 0.2) is 47.4 Å². The molecule has 0 bridgehead atoms. The second kappa shape index (κ2) is 10.0. The number of carbonyl (C=O) groups is 2. The zero-order chi connectivity index (χ0) is 24.5. The van der Waals surface area contributed by atoms with Crippen LogP contribution >= 0.6 is 11.6 Å². The Morgan fingerprint density at radius 1 is 1.18 bits per heavy atom. The minimum atomic E-state index is -3.60. The molecule has 2 atom stereocenters. The average Bonchev–Trinajstić information content (AvgIpc) is 3.23. The molecule has 7 nitrogen and oxygen atoms in total. The first kappa shape index (κ1) is 24.6. The van der Waals surface area contributed by atoms with E-state index in [0.29, 0.717) is 17.9 Å². The quantitative estimate of drug-likeness (QED) is 0.627. The van der Waals surface area contributed by atoms with E-state index in [-0.39, 0.29) is 40.7 Å². The van der Waals surface area contributed by atoms with E-state index in [1.807, 2.05) is 6.92 Å². The van der Waals surface area contributed by atoms with Gasteiger partial charge in [-0.15, -0.1) is 0 Å². The molecule has 0 aromatic heterocycles. The van der Waals surface area contributed by atoms with Gasteiger partial charge in [-0.2, -0.15) is 4.31 Å². The number of rotatable bonds is 6. The largest absolute Gasteiger partial charge is 0.326 e. The smallest absolute Gasteiger partial charge is 0.243 e. The van der Waals surface area contributed by atoms with Gasteiger partial charge in [-0.25, -0.2) is 12.8 Å². The van der Waals surface area contributed by atoms with Crippen LogP contribution in [0.4, 0.5) is 15.8 Å². The fourth-order valence-electron chi connectivity index (χ4n) is 4.57. The van der Waals surface area contributed by atoms with Crippen molar-refractivity contribution in [3.05, 3.63) is 53.3 Å². The highest BCUT2D eigenvalue weighted by Gasteiger charge is 2.36. The zero-order valence-electron chi connectivity index (χ0n) is 18.8. The monoisotopic (exact) mass is 507 g/mol. The zero-order valence-corrected chi connectivity index (χ0v) is 20.4. The van der Waals surface area contributed by atoms with E-state index in [0.717, 1.165) is 25.7 Å². The fourth-order valence-corrected chi connectivity index (χ4v) is 6.52. The van der Waals surface area contributed by atoms with E-state index in [1.54, 1.807) is 16.4 Å².